The molecule has 0 spiro atoms. The molecule has 0 amide bonds. The molecule has 2 aliphatic heterocycles. The Morgan fingerprint density at radius 1 is 1.09 bits per heavy atom. The van der Waals surface area contributed by atoms with Gasteiger partial charge in [-0.2, -0.15) is 4.98 Å². The molecule has 5 nitrogen and oxygen atoms in total. The topological polar surface area (TPSA) is 57.4 Å². The second-order valence-electron chi connectivity index (χ2n) is 6.52. The van der Waals surface area contributed by atoms with Crippen LogP contribution in [-0.4, -0.2) is 30.0 Å². The van der Waals surface area contributed by atoms with Crippen molar-refractivity contribution in [1.82, 2.24) is 10.1 Å². The Balaban J connectivity index is 1.72. The second kappa shape index (κ2) is 6.06. The molecule has 2 fully saturated rings. The first-order valence-corrected chi connectivity index (χ1v) is 8.38. The van der Waals surface area contributed by atoms with Crippen LogP contribution in [0.2, 0.25) is 0 Å². The summed E-state index contributed by atoms with van der Waals surface area (Å²) in [4.78, 5) is 4.73. The molecule has 0 unspecified atom stereocenters. The molecule has 2 aliphatic rings. The van der Waals surface area contributed by atoms with Crippen LogP contribution in [0, 0.1) is 6.92 Å². The number of aryl methyl sites for hydroxylation is 1. The highest BCUT2D eigenvalue weighted by atomic mass is 16.5. The van der Waals surface area contributed by atoms with Crippen molar-refractivity contribution >= 4 is 0 Å². The number of hydrogen-bond donors (Lipinski definition) is 0. The highest BCUT2D eigenvalue weighted by Crippen LogP contribution is 2.40. The number of benzene rings is 1. The van der Waals surface area contributed by atoms with Gasteiger partial charge in [0.05, 0.1) is 5.41 Å². The van der Waals surface area contributed by atoms with Crippen LogP contribution in [0.25, 0.3) is 0 Å². The van der Waals surface area contributed by atoms with Crippen LogP contribution in [0.5, 0.6) is 0 Å². The fourth-order valence-electron chi connectivity index (χ4n) is 3.57. The third kappa shape index (κ3) is 2.68. The smallest absolute Gasteiger partial charge is 0.255 e. The summed E-state index contributed by atoms with van der Waals surface area (Å²) >= 11 is 0. The Hall–Kier alpha value is -1.72. The molecule has 2 saturated heterocycles. The van der Waals surface area contributed by atoms with Gasteiger partial charge in [-0.15, -0.1) is 0 Å². The van der Waals surface area contributed by atoms with E-state index < -0.39 is 0 Å². The van der Waals surface area contributed by atoms with Crippen LogP contribution >= 0.6 is 0 Å². The van der Waals surface area contributed by atoms with E-state index in [1.54, 1.807) is 0 Å². The number of aromatic nitrogens is 2. The first-order chi connectivity index (χ1) is 11.3. The van der Waals surface area contributed by atoms with Crippen molar-refractivity contribution in [1.29, 1.82) is 0 Å². The Morgan fingerprint density at radius 2 is 1.87 bits per heavy atom. The van der Waals surface area contributed by atoms with E-state index in [1.807, 2.05) is 0 Å². The summed E-state index contributed by atoms with van der Waals surface area (Å²) in [5, 5.41) is 4.33. The van der Waals surface area contributed by atoms with E-state index in [4.69, 9.17) is 19.0 Å². The molecule has 0 saturated carbocycles. The maximum Gasteiger partial charge on any atom is 0.255 e. The van der Waals surface area contributed by atoms with Crippen molar-refractivity contribution in [3.63, 3.8) is 0 Å². The van der Waals surface area contributed by atoms with Gasteiger partial charge in [0.1, 0.15) is 6.10 Å². The number of rotatable bonds is 3. The van der Waals surface area contributed by atoms with Crippen molar-refractivity contribution in [3.8, 4) is 0 Å². The Morgan fingerprint density at radius 3 is 2.57 bits per heavy atom. The zero-order chi connectivity index (χ0) is 15.7. The van der Waals surface area contributed by atoms with Crippen LogP contribution in [0.3, 0.4) is 0 Å². The summed E-state index contributed by atoms with van der Waals surface area (Å²) < 4.78 is 16.8. The zero-order valence-electron chi connectivity index (χ0n) is 13.5. The standard InChI is InChI=1S/C18H22N2O3/c1-13-4-6-14(7-5-13)18(8-11-21-12-9-18)17-19-16(23-20-17)15-3-2-10-22-15/h4-7,15H,2-3,8-12H2,1H3/t15-/m0/s1. The average molecular weight is 314 g/mol. The van der Waals surface area contributed by atoms with Gasteiger partial charge in [-0.1, -0.05) is 35.0 Å². The number of hydrogen-bond acceptors (Lipinski definition) is 5. The van der Waals surface area contributed by atoms with Crippen molar-refractivity contribution in [2.75, 3.05) is 19.8 Å². The van der Waals surface area contributed by atoms with Crippen molar-refractivity contribution in [2.45, 2.75) is 44.1 Å². The lowest BCUT2D eigenvalue weighted by molar-refractivity contribution is 0.0597. The van der Waals surface area contributed by atoms with E-state index in [1.165, 1.54) is 11.1 Å². The lowest BCUT2D eigenvalue weighted by Crippen LogP contribution is -2.36. The quantitative estimate of drug-likeness (QED) is 0.870. The number of ether oxygens (including phenoxy) is 2. The molecule has 0 radical (unpaired) electrons. The summed E-state index contributed by atoms with van der Waals surface area (Å²) in [6, 6.07) is 8.66. The molecule has 1 atom stereocenters. The van der Waals surface area contributed by atoms with E-state index in [9.17, 15) is 0 Å². The third-order valence-corrected chi connectivity index (χ3v) is 5.03. The van der Waals surface area contributed by atoms with Gasteiger partial charge in [0, 0.05) is 19.8 Å². The largest absolute Gasteiger partial charge is 0.381 e. The van der Waals surface area contributed by atoms with Gasteiger partial charge in [-0.25, -0.2) is 0 Å². The van der Waals surface area contributed by atoms with Crippen molar-refractivity contribution in [2.24, 2.45) is 0 Å². The van der Waals surface area contributed by atoms with E-state index in [0.29, 0.717) is 5.89 Å². The van der Waals surface area contributed by atoms with Gasteiger partial charge in [0.2, 0.25) is 0 Å². The van der Waals surface area contributed by atoms with E-state index in [0.717, 1.165) is 51.3 Å². The van der Waals surface area contributed by atoms with Crippen LogP contribution in [-0.2, 0) is 14.9 Å². The Kier molecular flexibility index (Phi) is 3.91. The summed E-state index contributed by atoms with van der Waals surface area (Å²) in [6.45, 7) is 4.32. The molecule has 1 aromatic carbocycles. The van der Waals surface area contributed by atoms with Crippen molar-refractivity contribution in [3.05, 3.63) is 47.1 Å². The van der Waals surface area contributed by atoms with E-state index in [-0.39, 0.29) is 11.5 Å². The lowest BCUT2D eigenvalue weighted by Gasteiger charge is -2.35. The third-order valence-electron chi connectivity index (χ3n) is 5.03. The van der Waals surface area contributed by atoms with Gasteiger partial charge in [0.25, 0.3) is 5.89 Å². The molecular formula is C18H22N2O3. The number of nitrogens with zero attached hydrogens (tertiary/aromatic N) is 2. The minimum absolute atomic E-state index is 0.0360. The molecule has 0 bridgehead atoms. The zero-order valence-corrected chi connectivity index (χ0v) is 13.5. The molecule has 5 heteroatoms. The molecule has 23 heavy (non-hydrogen) atoms. The minimum Gasteiger partial charge on any atom is -0.381 e. The van der Waals surface area contributed by atoms with Crippen LogP contribution in [0.4, 0.5) is 0 Å². The lowest BCUT2D eigenvalue weighted by atomic mass is 9.73. The fourth-order valence-corrected chi connectivity index (χ4v) is 3.57. The van der Waals surface area contributed by atoms with Crippen molar-refractivity contribution < 1.29 is 14.0 Å². The van der Waals surface area contributed by atoms with E-state index in [2.05, 4.69) is 36.3 Å². The molecule has 2 aromatic rings. The van der Waals surface area contributed by atoms with Crippen LogP contribution in [0.15, 0.2) is 28.8 Å². The molecule has 3 heterocycles. The summed E-state index contributed by atoms with van der Waals surface area (Å²) in [5.41, 5.74) is 2.28. The molecule has 122 valence electrons. The second-order valence-corrected chi connectivity index (χ2v) is 6.52. The van der Waals surface area contributed by atoms with Gasteiger partial charge in [0.15, 0.2) is 5.82 Å². The SMILES string of the molecule is Cc1ccc(C2(c3noc([C@@H]4CCCO4)n3)CCOCC2)cc1. The summed E-state index contributed by atoms with van der Waals surface area (Å²) in [5.74, 6) is 1.39. The fraction of sp³-hybridized carbons (Fsp3) is 0.556. The normalized spacial score (nSPS) is 24.0. The Labute approximate surface area is 136 Å². The monoisotopic (exact) mass is 314 g/mol. The van der Waals surface area contributed by atoms with E-state index >= 15 is 0 Å². The first kappa shape index (κ1) is 14.8. The summed E-state index contributed by atoms with van der Waals surface area (Å²) in [7, 11) is 0. The molecule has 1 aromatic heterocycles. The van der Waals surface area contributed by atoms with Gasteiger partial charge >= 0.3 is 0 Å². The van der Waals surface area contributed by atoms with Gasteiger partial charge in [-0.05, 0) is 38.2 Å². The maximum atomic E-state index is 5.67. The van der Waals surface area contributed by atoms with Crippen LogP contribution < -0.4 is 0 Å². The molecular weight excluding hydrogens is 292 g/mol. The minimum atomic E-state index is -0.216. The average Bonchev–Trinajstić information content (AvgIpc) is 3.28. The first-order valence-electron chi connectivity index (χ1n) is 8.38. The predicted molar refractivity (Wildman–Crippen MR) is 84.2 cm³/mol. The maximum absolute atomic E-state index is 5.67. The van der Waals surface area contributed by atoms with Crippen LogP contribution in [0.1, 0.15) is 54.6 Å². The predicted octanol–water partition coefficient (Wildman–Crippen LogP) is 3.33. The molecule has 4 rings (SSSR count). The molecule has 0 aliphatic carbocycles. The Bertz CT molecular complexity index is 653. The van der Waals surface area contributed by atoms with Gasteiger partial charge in [-0.3, -0.25) is 0 Å². The highest BCUT2D eigenvalue weighted by Gasteiger charge is 2.41. The highest BCUT2D eigenvalue weighted by molar-refractivity contribution is 5.35. The summed E-state index contributed by atoms with van der Waals surface area (Å²) in [6.07, 6.45) is 3.73. The van der Waals surface area contributed by atoms with Gasteiger partial charge < -0.3 is 14.0 Å². The molecule has 0 N–H and O–H groups in total.